The van der Waals surface area contributed by atoms with Crippen molar-refractivity contribution in [2.24, 2.45) is 7.05 Å². The lowest BCUT2D eigenvalue weighted by Gasteiger charge is -2.13. The first kappa shape index (κ1) is 15.4. The molecule has 0 aliphatic heterocycles. The molecule has 0 saturated heterocycles. The maximum Gasteiger partial charge on any atom is 0.147 e. The lowest BCUT2D eigenvalue weighted by molar-refractivity contribution is 0.286. The van der Waals surface area contributed by atoms with Crippen molar-refractivity contribution in [3.63, 3.8) is 0 Å². The first-order chi connectivity index (χ1) is 9.63. The minimum atomic E-state index is 0.380. The maximum absolute atomic E-state index is 5.97. The second-order valence-corrected chi connectivity index (χ2v) is 5.59. The summed E-state index contributed by atoms with van der Waals surface area (Å²) in [6.45, 7) is 4.15. The van der Waals surface area contributed by atoms with Gasteiger partial charge in [0.2, 0.25) is 0 Å². The van der Waals surface area contributed by atoms with Crippen molar-refractivity contribution in [3.8, 4) is 5.75 Å². The van der Waals surface area contributed by atoms with E-state index >= 15 is 0 Å². The van der Waals surface area contributed by atoms with Crippen LogP contribution in [-0.4, -0.2) is 16.1 Å². The molecular formula is C14H17BrClN3O. The number of imidazole rings is 1. The van der Waals surface area contributed by atoms with Crippen LogP contribution in [0.4, 0.5) is 0 Å². The van der Waals surface area contributed by atoms with E-state index in [9.17, 15) is 0 Å². The van der Waals surface area contributed by atoms with Gasteiger partial charge >= 0.3 is 0 Å². The fraction of sp³-hybridized carbons (Fsp3) is 0.357. The summed E-state index contributed by atoms with van der Waals surface area (Å²) in [4.78, 5) is 4.23. The molecule has 1 aromatic heterocycles. The van der Waals surface area contributed by atoms with E-state index in [1.54, 1.807) is 6.20 Å². The molecule has 6 heteroatoms. The lowest BCUT2D eigenvalue weighted by Crippen LogP contribution is -2.13. The summed E-state index contributed by atoms with van der Waals surface area (Å²) in [5.41, 5.74) is 1.11. The molecule has 108 valence electrons. The topological polar surface area (TPSA) is 39.1 Å². The highest BCUT2D eigenvalue weighted by Crippen LogP contribution is 2.29. The Balaban J connectivity index is 2.14. The largest absolute Gasteiger partial charge is 0.484 e. The van der Waals surface area contributed by atoms with Crippen LogP contribution in [0, 0.1) is 0 Å². The summed E-state index contributed by atoms with van der Waals surface area (Å²) < 4.78 is 8.66. The molecule has 1 N–H and O–H groups in total. The van der Waals surface area contributed by atoms with E-state index in [0.29, 0.717) is 11.8 Å². The van der Waals surface area contributed by atoms with Gasteiger partial charge in [-0.3, -0.25) is 0 Å². The molecule has 0 unspecified atom stereocenters. The van der Waals surface area contributed by atoms with Crippen LogP contribution in [0.5, 0.6) is 5.75 Å². The molecule has 0 bridgehead atoms. The standard InChI is InChI=1S/C14H17BrClN3O/c1-3-17-7-10-5-4-6-11(15)14(10)20-9-13-18-8-12(16)19(13)2/h4-6,8,17H,3,7,9H2,1-2H3. The number of benzene rings is 1. The molecule has 1 aromatic carbocycles. The van der Waals surface area contributed by atoms with E-state index in [2.05, 4.69) is 33.2 Å². The summed E-state index contributed by atoms with van der Waals surface area (Å²) >= 11 is 9.50. The number of hydrogen-bond donors (Lipinski definition) is 1. The number of nitrogens with zero attached hydrogens (tertiary/aromatic N) is 2. The lowest BCUT2D eigenvalue weighted by atomic mass is 10.2. The van der Waals surface area contributed by atoms with Crippen molar-refractivity contribution in [1.29, 1.82) is 0 Å². The molecule has 0 aliphatic carbocycles. The quantitative estimate of drug-likeness (QED) is 0.858. The monoisotopic (exact) mass is 357 g/mol. The van der Waals surface area contributed by atoms with Gasteiger partial charge in [0.1, 0.15) is 23.3 Å². The number of nitrogens with one attached hydrogen (secondary N) is 1. The van der Waals surface area contributed by atoms with Gasteiger partial charge in [-0.15, -0.1) is 0 Å². The molecule has 0 aliphatic rings. The van der Waals surface area contributed by atoms with Crippen LogP contribution in [-0.2, 0) is 20.2 Å². The average molecular weight is 359 g/mol. The Labute approximate surface area is 132 Å². The van der Waals surface area contributed by atoms with Crippen LogP contribution < -0.4 is 10.1 Å². The summed E-state index contributed by atoms with van der Waals surface area (Å²) in [5.74, 6) is 1.63. The van der Waals surface area contributed by atoms with E-state index in [4.69, 9.17) is 16.3 Å². The zero-order valence-corrected chi connectivity index (χ0v) is 13.8. The molecule has 1 heterocycles. The predicted molar refractivity (Wildman–Crippen MR) is 84.1 cm³/mol. The van der Waals surface area contributed by atoms with Gasteiger partial charge < -0.3 is 14.6 Å². The van der Waals surface area contributed by atoms with Crippen LogP contribution in [0.3, 0.4) is 0 Å². The molecule has 0 atom stereocenters. The zero-order chi connectivity index (χ0) is 14.5. The van der Waals surface area contributed by atoms with Gasteiger partial charge in [-0.2, -0.15) is 0 Å². The van der Waals surface area contributed by atoms with E-state index in [1.807, 2.05) is 29.8 Å². The highest BCUT2D eigenvalue weighted by atomic mass is 79.9. The van der Waals surface area contributed by atoms with E-state index in [-0.39, 0.29) is 0 Å². The molecule has 0 saturated carbocycles. The normalized spacial score (nSPS) is 10.8. The van der Waals surface area contributed by atoms with Crippen LogP contribution in [0.2, 0.25) is 5.15 Å². The fourth-order valence-corrected chi connectivity index (χ4v) is 2.48. The summed E-state index contributed by atoms with van der Waals surface area (Å²) in [7, 11) is 1.87. The average Bonchev–Trinajstić information content (AvgIpc) is 2.76. The summed E-state index contributed by atoms with van der Waals surface area (Å²) in [6.07, 6.45) is 1.62. The number of hydrogen-bond acceptors (Lipinski definition) is 3. The minimum Gasteiger partial charge on any atom is -0.484 e. The maximum atomic E-state index is 5.97. The molecule has 0 amide bonds. The van der Waals surface area contributed by atoms with Crippen LogP contribution in [0.1, 0.15) is 18.3 Å². The van der Waals surface area contributed by atoms with Crippen LogP contribution in [0.25, 0.3) is 0 Å². The van der Waals surface area contributed by atoms with Crippen molar-refractivity contribution < 1.29 is 4.74 Å². The third-order valence-corrected chi connectivity index (χ3v) is 3.96. The molecule has 20 heavy (non-hydrogen) atoms. The van der Waals surface area contributed by atoms with Crippen molar-refractivity contribution in [2.75, 3.05) is 6.54 Å². The highest BCUT2D eigenvalue weighted by Gasteiger charge is 2.10. The molecule has 4 nitrogen and oxygen atoms in total. The van der Waals surface area contributed by atoms with Crippen LogP contribution in [0.15, 0.2) is 28.9 Å². The number of rotatable bonds is 6. The summed E-state index contributed by atoms with van der Waals surface area (Å²) in [6, 6.07) is 6.02. The van der Waals surface area contributed by atoms with Crippen molar-refractivity contribution >= 4 is 27.5 Å². The molecule has 2 aromatic rings. The molecule has 0 radical (unpaired) electrons. The Kier molecular flexibility index (Phi) is 5.46. The van der Waals surface area contributed by atoms with Gasteiger partial charge in [-0.25, -0.2) is 4.98 Å². The second kappa shape index (κ2) is 7.11. The van der Waals surface area contributed by atoms with Gasteiger partial charge in [-0.1, -0.05) is 30.7 Å². The first-order valence-electron chi connectivity index (χ1n) is 6.40. The van der Waals surface area contributed by atoms with Crippen molar-refractivity contribution in [2.45, 2.75) is 20.1 Å². The second-order valence-electron chi connectivity index (χ2n) is 4.35. The molecule has 0 spiro atoms. The number of halogens is 2. The Hall–Kier alpha value is -1.04. The van der Waals surface area contributed by atoms with Gasteiger partial charge in [0.15, 0.2) is 0 Å². The van der Waals surface area contributed by atoms with E-state index in [1.165, 1.54) is 0 Å². The Morgan fingerprint density at radius 1 is 1.45 bits per heavy atom. The van der Waals surface area contributed by atoms with Gasteiger partial charge in [0.05, 0.1) is 10.7 Å². The molecular weight excluding hydrogens is 342 g/mol. The van der Waals surface area contributed by atoms with E-state index < -0.39 is 0 Å². The third-order valence-electron chi connectivity index (χ3n) is 2.99. The van der Waals surface area contributed by atoms with Crippen molar-refractivity contribution in [3.05, 3.63) is 45.4 Å². The van der Waals surface area contributed by atoms with Gasteiger partial charge in [-0.05, 0) is 28.5 Å². The minimum absolute atomic E-state index is 0.380. The fourth-order valence-electron chi connectivity index (χ4n) is 1.81. The summed E-state index contributed by atoms with van der Waals surface area (Å²) in [5, 5.41) is 3.90. The molecule has 2 rings (SSSR count). The van der Waals surface area contributed by atoms with Gasteiger partial charge in [0.25, 0.3) is 0 Å². The smallest absolute Gasteiger partial charge is 0.147 e. The Bertz CT molecular complexity index is 586. The van der Waals surface area contributed by atoms with E-state index in [0.717, 1.165) is 34.7 Å². The molecule has 0 fully saturated rings. The predicted octanol–water partition coefficient (Wildman–Crippen LogP) is 3.52. The zero-order valence-electron chi connectivity index (χ0n) is 11.5. The van der Waals surface area contributed by atoms with Gasteiger partial charge in [0, 0.05) is 19.2 Å². The first-order valence-corrected chi connectivity index (χ1v) is 7.57. The highest BCUT2D eigenvalue weighted by molar-refractivity contribution is 9.10. The van der Waals surface area contributed by atoms with Crippen LogP contribution >= 0.6 is 27.5 Å². The Morgan fingerprint density at radius 2 is 2.25 bits per heavy atom. The van der Waals surface area contributed by atoms with Crippen molar-refractivity contribution in [1.82, 2.24) is 14.9 Å². The Morgan fingerprint density at radius 3 is 2.90 bits per heavy atom. The third kappa shape index (κ3) is 3.53. The number of aromatic nitrogens is 2. The number of ether oxygens (including phenoxy) is 1. The SMILES string of the molecule is CCNCc1cccc(Br)c1OCc1ncc(Cl)n1C. The number of para-hydroxylation sites is 1.